The lowest BCUT2D eigenvalue weighted by Gasteiger charge is -2.41. The Balaban J connectivity index is 1.19. The lowest BCUT2D eigenvalue weighted by atomic mass is 9.67. The van der Waals surface area contributed by atoms with E-state index in [4.69, 9.17) is 9.47 Å². The van der Waals surface area contributed by atoms with Crippen molar-refractivity contribution in [2.75, 3.05) is 13.2 Å². The van der Waals surface area contributed by atoms with Crippen LogP contribution in [0.25, 0.3) is 0 Å². The van der Waals surface area contributed by atoms with E-state index in [0.29, 0.717) is 18.3 Å². The highest BCUT2D eigenvalue weighted by atomic mass is 19.2. The monoisotopic (exact) mass is 476 g/mol. The second-order valence-electron chi connectivity index (χ2n) is 11.3. The Morgan fingerprint density at radius 3 is 2.09 bits per heavy atom. The van der Waals surface area contributed by atoms with Crippen molar-refractivity contribution in [3.05, 3.63) is 29.3 Å². The summed E-state index contributed by atoms with van der Waals surface area (Å²) in [7, 11) is 0. The van der Waals surface area contributed by atoms with Gasteiger partial charge in [-0.25, -0.2) is 4.39 Å². The molecule has 1 heterocycles. The summed E-state index contributed by atoms with van der Waals surface area (Å²) in [6.07, 6.45) is 18.0. The summed E-state index contributed by atoms with van der Waals surface area (Å²) >= 11 is 0. The first-order chi connectivity index (χ1) is 16.6. The molecule has 3 fully saturated rings. The third-order valence-corrected chi connectivity index (χ3v) is 9.22. The van der Waals surface area contributed by atoms with Crippen LogP contribution >= 0.6 is 0 Å². The second-order valence-corrected chi connectivity index (χ2v) is 11.3. The van der Waals surface area contributed by atoms with Crippen LogP contribution in [0.1, 0.15) is 115 Å². The summed E-state index contributed by atoms with van der Waals surface area (Å²) in [5.41, 5.74) is 0.547. The minimum atomic E-state index is -0.822. The van der Waals surface area contributed by atoms with Crippen molar-refractivity contribution in [3.63, 3.8) is 0 Å². The maximum atomic E-state index is 14.7. The summed E-state index contributed by atoms with van der Waals surface area (Å²) in [4.78, 5) is 0. The molecule has 2 saturated carbocycles. The topological polar surface area (TPSA) is 18.5 Å². The van der Waals surface area contributed by atoms with Crippen LogP contribution in [0.15, 0.2) is 12.1 Å². The van der Waals surface area contributed by atoms with Gasteiger partial charge in [-0.2, -0.15) is 4.39 Å². The van der Waals surface area contributed by atoms with E-state index in [0.717, 1.165) is 56.0 Å². The lowest BCUT2D eigenvalue weighted by Crippen LogP contribution is -2.35. The predicted molar refractivity (Wildman–Crippen MR) is 134 cm³/mol. The summed E-state index contributed by atoms with van der Waals surface area (Å²) in [6.45, 7) is 5.39. The van der Waals surface area contributed by atoms with Crippen LogP contribution in [0, 0.1) is 35.3 Å². The Hall–Kier alpha value is -1.16. The van der Waals surface area contributed by atoms with Crippen molar-refractivity contribution < 1.29 is 18.3 Å². The smallest absolute Gasteiger partial charge is 0.200 e. The Kier molecular flexibility index (Phi) is 9.68. The molecule has 0 bridgehead atoms. The third-order valence-electron chi connectivity index (χ3n) is 9.22. The molecule has 1 aromatic rings. The van der Waals surface area contributed by atoms with E-state index in [1.54, 1.807) is 19.1 Å². The van der Waals surface area contributed by atoms with Crippen LogP contribution in [-0.4, -0.2) is 19.3 Å². The molecule has 34 heavy (non-hydrogen) atoms. The quantitative estimate of drug-likeness (QED) is 0.331. The van der Waals surface area contributed by atoms with Crippen LogP contribution in [0.2, 0.25) is 0 Å². The van der Waals surface area contributed by atoms with Gasteiger partial charge in [-0.15, -0.1) is 0 Å². The molecule has 0 amide bonds. The number of unbranched alkanes of at least 4 members (excludes halogenated alkanes) is 2. The zero-order valence-corrected chi connectivity index (χ0v) is 21.5. The van der Waals surface area contributed by atoms with Crippen LogP contribution in [0.4, 0.5) is 8.78 Å². The predicted octanol–water partition coefficient (Wildman–Crippen LogP) is 8.82. The zero-order chi connectivity index (χ0) is 23.9. The largest absolute Gasteiger partial charge is 0.491 e. The van der Waals surface area contributed by atoms with Gasteiger partial charge >= 0.3 is 0 Å². The Bertz CT molecular complexity index is 742. The van der Waals surface area contributed by atoms with Gasteiger partial charge in [-0.05, 0) is 119 Å². The van der Waals surface area contributed by atoms with Crippen molar-refractivity contribution in [2.24, 2.45) is 23.7 Å². The first kappa shape index (κ1) is 25.9. The van der Waals surface area contributed by atoms with Gasteiger partial charge in [0, 0.05) is 6.61 Å². The number of benzene rings is 1. The van der Waals surface area contributed by atoms with Crippen LogP contribution in [0.5, 0.6) is 5.75 Å². The van der Waals surface area contributed by atoms with Crippen LogP contribution < -0.4 is 4.74 Å². The molecule has 192 valence electrons. The molecule has 0 spiro atoms. The van der Waals surface area contributed by atoms with E-state index in [1.165, 1.54) is 64.2 Å². The number of ether oxygens (including phenoxy) is 2. The van der Waals surface area contributed by atoms with Gasteiger partial charge in [-0.1, -0.05) is 32.3 Å². The van der Waals surface area contributed by atoms with Crippen LogP contribution in [0.3, 0.4) is 0 Å². The molecule has 1 aliphatic heterocycles. The molecule has 1 aromatic carbocycles. The normalized spacial score (nSPS) is 32.5. The molecule has 2 aliphatic carbocycles. The number of halogens is 2. The minimum absolute atomic E-state index is 0.0307. The molecule has 0 aromatic heterocycles. The average Bonchev–Trinajstić information content (AvgIpc) is 2.88. The molecule has 2 nitrogen and oxygen atoms in total. The Morgan fingerprint density at radius 1 is 0.794 bits per heavy atom. The van der Waals surface area contributed by atoms with Crippen molar-refractivity contribution in [1.82, 2.24) is 0 Å². The molecule has 2 atom stereocenters. The van der Waals surface area contributed by atoms with Crippen molar-refractivity contribution in [2.45, 2.75) is 116 Å². The first-order valence-electron chi connectivity index (χ1n) is 14.3. The molecule has 0 N–H and O–H groups in total. The summed E-state index contributed by atoms with van der Waals surface area (Å²) in [5, 5.41) is 0. The van der Waals surface area contributed by atoms with E-state index in [2.05, 4.69) is 6.92 Å². The first-order valence-corrected chi connectivity index (χ1v) is 14.3. The molecule has 2 unspecified atom stereocenters. The molecule has 4 heteroatoms. The third kappa shape index (κ3) is 6.33. The maximum absolute atomic E-state index is 14.7. The molecule has 1 saturated heterocycles. The van der Waals surface area contributed by atoms with Gasteiger partial charge in [0.2, 0.25) is 5.82 Å². The average molecular weight is 477 g/mol. The van der Waals surface area contributed by atoms with E-state index in [1.807, 2.05) is 0 Å². The Labute approximate surface area is 206 Å². The summed E-state index contributed by atoms with van der Waals surface area (Å²) < 4.78 is 40.6. The molecule has 4 rings (SSSR count). The van der Waals surface area contributed by atoms with E-state index < -0.39 is 11.6 Å². The van der Waals surface area contributed by atoms with Gasteiger partial charge in [0.05, 0.1) is 12.7 Å². The molecular formula is C30H46F2O2. The fourth-order valence-electron chi connectivity index (χ4n) is 7.13. The zero-order valence-electron chi connectivity index (χ0n) is 21.5. The van der Waals surface area contributed by atoms with Gasteiger partial charge < -0.3 is 9.47 Å². The highest BCUT2D eigenvalue weighted by Gasteiger charge is 2.36. The minimum Gasteiger partial charge on any atom is -0.491 e. The van der Waals surface area contributed by atoms with Crippen LogP contribution in [-0.2, 0) is 4.74 Å². The SMILES string of the molecule is CCCCCC1CCC(C2CCC(C3CCC(c4ccc(OCC)c(F)c4F)CC3)CC2)OC1. The van der Waals surface area contributed by atoms with Crippen molar-refractivity contribution in [3.8, 4) is 5.75 Å². The van der Waals surface area contributed by atoms with Crippen molar-refractivity contribution in [1.29, 1.82) is 0 Å². The van der Waals surface area contributed by atoms with Gasteiger partial charge in [0.25, 0.3) is 0 Å². The molecule has 0 radical (unpaired) electrons. The second kappa shape index (κ2) is 12.7. The summed E-state index contributed by atoms with van der Waals surface area (Å²) in [5.74, 6) is 1.76. The van der Waals surface area contributed by atoms with E-state index in [9.17, 15) is 8.78 Å². The number of rotatable bonds is 9. The number of hydrogen-bond donors (Lipinski definition) is 0. The number of hydrogen-bond acceptors (Lipinski definition) is 2. The van der Waals surface area contributed by atoms with E-state index >= 15 is 0 Å². The van der Waals surface area contributed by atoms with Gasteiger partial charge in [0.1, 0.15) is 0 Å². The highest BCUT2D eigenvalue weighted by Crippen LogP contribution is 2.46. The fourth-order valence-corrected chi connectivity index (χ4v) is 7.13. The highest BCUT2D eigenvalue weighted by molar-refractivity contribution is 5.33. The fraction of sp³-hybridized carbons (Fsp3) is 0.800. The molecular weight excluding hydrogens is 430 g/mol. The summed E-state index contributed by atoms with van der Waals surface area (Å²) in [6, 6.07) is 3.35. The maximum Gasteiger partial charge on any atom is 0.200 e. The van der Waals surface area contributed by atoms with Crippen molar-refractivity contribution >= 4 is 0 Å². The molecule has 3 aliphatic rings. The Morgan fingerprint density at radius 2 is 1.47 bits per heavy atom. The standard InChI is InChI=1S/C30H46F2O2/c1-3-5-6-7-21-8-18-27(34-20-21)25-15-11-23(12-16-25)22-9-13-24(14-10-22)26-17-19-28(33-4-2)30(32)29(26)31/h17,19,21-25,27H,3-16,18,20H2,1-2H3. The lowest BCUT2D eigenvalue weighted by molar-refractivity contribution is -0.0619. The van der Waals surface area contributed by atoms with Gasteiger partial charge in [0.15, 0.2) is 11.6 Å². The van der Waals surface area contributed by atoms with Gasteiger partial charge in [-0.3, -0.25) is 0 Å². The van der Waals surface area contributed by atoms with E-state index in [-0.39, 0.29) is 11.7 Å².